The van der Waals surface area contributed by atoms with Gasteiger partial charge in [-0.15, -0.1) is 5.69 Å². The van der Waals surface area contributed by atoms with E-state index in [1.165, 1.54) is 0 Å². The van der Waals surface area contributed by atoms with Gasteiger partial charge in [0.1, 0.15) is 0 Å². The standard InChI is InChI=1S/C6H6N.CH4O3S.Na/c7-6-4-2-1-3-5-6;1-5(2,3)4;/h1-5,7H;1H3,(H,2,3,4);/q-1;;+1. The van der Waals surface area contributed by atoms with Gasteiger partial charge >= 0.3 is 29.6 Å². The Bertz CT molecular complexity index is 304. The fourth-order valence-corrected chi connectivity index (χ4v) is 0.438. The molecular weight excluding hydrogens is 201 g/mol. The topological polar surface area (TPSA) is 78.2 Å². The van der Waals surface area contributed by atoms with Gasteiger partial charge in [-0.2, -0.15) is 8.42 Å². The first kappa shape index (κ1) is 15.4. The Balaban J connectivity index is 0. The molecule has 4 nitrogen and oxygen atoms in total. The molecule has 0 bridgehead atoms. The summed E-state index contributed by atoms with van der Waals surface area (Å²) < 4.78 is 25.9. The van der Waals surface area contributed by atoms with Crippen molar-refractivity contribution in [3.63, 3.8) is 0 Å². The Morgan fingerprint density at radius 2 is 1.54 bits per heavy atom. The number of benzene rings is 1. The van der Waals surface area contributed by atoms with E-state index in [1.54, 1.807) is 12.1 Å². The Morgan fingerprint density at radius 1 is 1.23 bits per heavy atom. The molecule has 0 aliphatic carbocycles. The maximum absolute atomic E-state index is 9.19. The van der Waals surface area contributed by atoms with Crippen molar-refractivity contribution >= 4 is 15.8 Å². The first-order valence-corrected chi connectivity index (χ1v) is 4.93. The van der Waals surface area contributed by atoms with Gasteiger partial charge in [-0.05, 0) is 0 Å². The Kier molecular flexibility index (Phi) is 8.70. The quantitative estimate of drug-likeness (QED) is 0.436. The smallest absolute Gasteiger partial charge is 0.699 e. The summed E-state index contributed by atoms with van der Waals surface area (Å²) >= 11 is 0. The molecule has 0 atom stereocenters. The van der Waals surface area contributed by atoms with Crippen LogP contribution in [0, 0.1) is 0 Å². The van der Waals surface area contributed by atoms with Crippen LogP contribution in [-0.4, -0.2) is 19.2 Å². The van der Waals surface area contributed by atoms with Crippen LogP contribution >= 0.6 is 0 Å². The summed E-state index contributed by atoms with van der Waals surface area (Å²) in [6.07, 6.45) is 0.715. The van der Waals surface area contributed by atoms with Crippen LogP contribution in [0.25, 0.3) is 5.73 Å². The van der Waals surface area contributed by atoms with Crippen LogP contribution in [0.3, 0.4) is 0 Å². The van der Waals surface area contributed by atoms with E-state index < -0.39 is 10.1 Å². The summed E-state index contributed by atoms with van der Waals surface area (Å²) in [5.74, 6) is 0. The van der Waals surface area contributed by atoms with Crippen LogP contribution < -0.4 is 29.6 Å². The van der Waals surface area contributed by atoms with E-state index in [0.717, 1.165) is 0 Å². The Labute approximate surface area is 100 Å². The van der Waals surface area contributed by atoms with E-state index in [2.05, 4.69) is 0 Å². The van der Waals surface area contributed by atoms with Crippen LogP contribution in [0.4, 0.5) is 5.69 Å². The van der Waals surface area contributed by atoms with Crippen molar-refractivity contribution in [2.75, 3.05) is 6.26 Å². The second-order valence-corrected chi connectivity index (χ2v) is 3.57. The molecule has 0 fully saturated rings. The third-order valence-corrected chi connectivity index (χ3v) is 0.774. The van der Waals surface area contributed by atoms with Crippen molar-refractivity contribution in [1.29, 1.82) is 0 Å². The molecule has 0 saturated carbocycles. The van der Waals surface area contributed by atoms with Crippen LogP contribution in [0.5, 0.6) is 0 Å². The van der Waals surface area contributed by atoms with E-state index in [9.17, 15) is 8.42 Å². The van der Waals surface area contributed by atoms with Crippen molar-refractivity contribution in [2.45, 2.75) is 0 Å². The largest absolute Gasteiger partial charge is 1.00 e. The SMILES string of the molecule is CS(=O)(=O)O.[NH-]c1ccccc1.[Na+]. The van der Waals surface area contributed by atoms with Crippen molar-refractivity contribution in [3.8, 4) is 0 Å². The number of hydrogen-bond acceptors (Lipinski definition) is 2. The zero-order valence-electron chi connectivity index (χ0n) is 7.56. The molecule has 1 aromatic carbocycles. The maximum Gasteiger partial charge on any atom is 1.00 e. The predicted octanol–water partition coefficient (Wildman–Crippen LogP) is -1.12. The van der Waals surface area contributed by atoms with Crippen LogP contribution in [-0.2, 0) is 10.1 Å². The number of hydrogen-bond donors (Lipinski definition) is 1. The van der Waals surface area contributed by atoms with E-state index >= 15 is 0 Å². The molecule has 0 radical (unpaired) electrons. The van der Waals surface area contributed by atoms with Crippen LogP contribution in [0.15, 0.2) is 30.3 Å². The third kappa shape index (κ3) is 18.7. The normalized spacial score (nSPS) is 9.08. The summed E-state index contributed by atoms with van der Waals surface area (Å²) in [6.45, 7) is 0. The van der Waals surface area contributed by atoms with Gasteiger partial charge in [0, 0.05) is 0 Å². The van der Waals surface area contributed by atoms with Gasteiger partial charge < -0.3 is 5.73 Å². The van der Waals surface area contributed by atoms with E-state index in [4.69, 9.17) is 10.3 Å². The molecule has 0 aliphatic rings. The third-order valence-electron chi connectivity index (χ3n) is 0.774. The fourth-order valence-electron chi connectivity index (χ4n) is 0.438. The number of nitrogens with one attached hydrogen (secondary N) is 1. The fraction of sp³-hybridized carbons (Fsp3) is 0.143. The van der Waals surface area contributed by atoms with Crippen LogP contribution in [0.1, 0.15) is 0 Å². The second kappa shape index (κ2) is 7.34. The second-order valence-electron chi connectivity index (χ2n) is 2.10. The maximum atomic E-state index is 9.19. The average molecular weight is 211 g/mol. The summed E-state index contributed by atoms with van der Waals surface area (Å²) in [5, 5.41) is 0. The molecule has 0 spiro atoms. The van der Waals surface area contributed by atoms with E-state index in [-0.39, 0.29) is 29.6 Å². The molecule has 0 aromatic heterocycles. The first-order chi connectivity index (χ1) is 5.39. The molecule has 2 N–H and O–H groups in total. The summed E-state index contributed by atoms with van der Waals surface area (Å²) in [5.41, 5.74) is 7.57. The van der Waals surface area contributed by atoms with Gasteiger partial charge in [-0.25, -0.2) is 0 Å². The average Bonchev–Trinajstić information content (AvgIpc) is 1.85. The van der Waals surface area contributed by atoms with Crippen molar-refractivity contribution in [3.05, 3.63) is 36.1 Å². The van der Waals surface area contributed by atoms with E-state index in [1.807, 2.05) is 18.2 Å². The molecular formula is C7H10NNaO3S. The summed E-state index contributed by atoms with van der Waals surface area (Å²) in [6, 6.07) is 9.10. The van der Waals surface area contributed by atoms with Crippen LogP contribution in [0.2, 0.25) is 0 Å². The Hall–Kier alpha value is -0.0700. The Morgan fingerprint density at radius 3 is 1.69 bits per heavy atom. The van der Waals surface area contributed by atoms with E-state index in [0.29, 0.717) is 11.9 Å². The molecule has 0 amide bonds. The molecule has 0 aliphatic heterocycles. The molecule has 13 heavy (non-hydrogen) atoms. The van der Waals surface area contributed by atoms with Crippen molar-refractivity contribution in [1.82, 2.24) is 0 Å². The minimum atomic E-state index is -3.67. The summed E-state index contributed by atoms with van der Waals surface area (Å²) in [4.78, 5) is 0. The van der Waals surface area contributed by atoms with Gasteiger partial charge in [-0.3, -0.25) is 4.55 Å². The molecule has 68 valence electrons. The molecule has 6 heteroatoms. The van der Waals surface area contributed by atoms with Gasteiger partial charge in [0.05, 0.1) is 6.26 Å². The van der Waals surface area contributed by atoms with Gasteiger partial charge in [-0.1, -0.05) is 30.3 Å². The molecule has 0 unspecified atom stereocenters. The zero-order valence-corrected chi connectivity index (χ0v) is 10.4. The van der Waals surface area contributed by atoms with Crippen molar-refractivity contribution in [2.24, 2.45) is 0 Å². The van der Waals surface area contributed by atoms with Gasteiger partial charge in [0.25, 0.3) is 10.1 Å². The monoisotopic (exact) mass is 211 g/mol. The molecule has 0 heterocycles. The number of rotatable bonds is 0. The first-order valence-electron chi connectivity index (χ1n) is 3.08. The predicted molar refractivity (Wildman–Crippen MR) is 47.9 cm³/mol. The molecule has 1 aromatic rings. The molecule has 0 saturated heterocycles. The minimum Gasteiger partial charge on any atom is -0.699 e. The molecule has 1 rings (SSSR count). The minimum absolute atomic E-state index is 0. The summed E-state index contributed by atoms with van der Waals surface area (Å²) in [7, 11) is -3.67. The van der Waals surface area contributed by atoms with Crippen molar-refractivity contribution < 1.29 is 42.5 Å². The van der Waals surface area contributed by atoms with Gasteiger partial charge in [0.15, 0.2) is 0 Å². The van der Waals surface area contributed by atoms with Gasteiger partial charge in [0.2, 0.25) is 0 Å². The zero-order chi connectivity index (χ0) is 9.61.